The van der Waals surface area contributed by atoms with Gasteiger partial charge in [-0.05, 0) is 24.4 Å². The fraction of sp³-hybridized carbons (Fsp3) is 0.200. The molecule has 0 unspecified atom stereocenters. The first kappa shape index (κ1) is 11.7. The number of nitrogens with zero attached hydrogens (tertiary/aromatic N) is 2. The Balaban J connectivity index is 2.67. The molecule has 90 valence electrons. The molecule has 0 aliphatic rings. The van der Waals surface area contributed by atoms with E-state index in [-0.39, 0.29) is 6.61 Å². The fourth-order valence-corrected chi connectivity index (χ4v) is 1.77. The van der Waals surface area contributed by atoms with E-state index in [1.165, 1.54) is 29.9 Å². The van der Waals surface area contributed by atoms with Crippen molar-refractivity contribution in [3.8, 4) is 11.4 Å². The summed E-state index contributed by atoms with van der Waals surface area (Å²) < 4.78 is 19.9. The highest BCUT2D eigenvalue weighted by atomic mass is 32.1. The number of aliphatic hydroxyl groups is 1. The first-order chi connectivity index (χ1) is 8.17. The molecule has 1 aromatic carbocycles. The van der Waals surface area contributed by atoms with E-state index in [2.05, 4.69) is 10.2 Å². The Bertz CT molecular complexity index is 593. The first-order valence-electron chi connectivity index (χ1n) is 4.78. The number of hydrogen-bond donors (Lipinski definition) is 2. The third-order valence-electron chi connectivity index (χ3n) is 2.27. The lowest BCUT2D eigenvalue weighted by Crippen LogP contribution is -2.03. The van der Waals surface area contributed by atoms with Crippen molar-refractivity contribution in [2.24, 2.45) is 0 Å². The van der Waals surface area contributed by atoms with Crippen LogP contribution in [0.1, 0.15) is 5.82 Å². The highest BCUT2D eigenvalue weighted by Gasteiger charge is 2.12. The van der Waals surface area contributed by atoms with Gasteiger partial charge in [0.05, 0.1) is 12.8 Å². The molecule has 0 aliphatic heterocycles. The molecule has 1 aromatic heterocycles. The molecular formula is C10H10FN3O2S. The maximum Gasteiger partial charge on any atom is 0.200 e. The third kappa shape index (κ3) is 2.06. The van der Waals surface area contributed by atoms with Crippen LogP contribution in [0, 0.1) is 10.6 Å². The van der Waals surface area contributed by atoms with E-state index < -0.39 is 5.82 Å². The van der Waals surface area contributed by atoms with Crippen LogP contribution in [0.4, 0.5) is 4.39 Å². The average Bonchev–Trinajstić information content (AvgIpc) is 2.70. The number of ether oxygens (including phenoxy) is 1. The van der Waals surface area contributed by atoms with Gasteiger partial charge >= 0.3 is 0 Å². The second-order valence-electron chi connectivity index (χ2n) is 3.25. The summed E-state index contributed by atoms with van der Waals surface area (Å²) in [4.78, 5) is 0. The van der Waals surface area contributed by atoms with E-state index in [0.29, 0.717) is 22.0 Å². The lowest BCUT2D eigenvalue weighted by Gasteiger charge is -2.10. The number of methoxy groups -OCH3 is 1. The number of aromatic amines is 1. The molecule has 7 heteroatoms. The van der Waals surface area contributed by atoms with Gasteiger partial charge in [-0.3, -0.25) is 9.67 Å². The van der Waals surface area contributed by atoms with Gasteiger partial charge in [-0.2, -0.15) is 5.10 Å². The monoisotopic (exact) mass is 255 g/mol. The van der Waals surface area contributed by atoms with Crippen LogP contribution in [0.25, 0.3) is 5.69 Å². The van der Waals surface area contributed by atoms with Gasteiger partial charge in [0.25, 0.3) is 0 Å². The lowest BCUT2D eigenvalue weighted by molar-refractivity contribution is 0.268. The number of benzene rings is 1. The molecule has 2 N–H and O–H groups in total. The van der Waals surface area contributed by atoms with Crippen molar-refractivity contribution in [1.82, 2.24) is 14.8 Å². The zero-order valence-corrected chi connectivity index (χ0v) is 9.79. The standard InChI is InChI=1S/C10H10FN3O2S/c1-16-8-4-6(11)2-3-7(8)14-9(5-15)12-13-10(14)17/h2-4,15H,5H2,1H3,(H,13,17). The quantitative estimate of drug-likeness (QED) is 0.817. The largest absolute Gasteiger partial charge is 0.494 e. The maximum absolute atomic E-state index is 13.1. The Morgan fingerprint density at radius 3 is 3.00 bits per heavy atom. The van der Waals surface area contributed by atoms with Gasteiger partial charge in [0.1, 0.15) is 18.2 Å². The van der Waals surface area contributed by atoms with E-state index in [0.717, 1.165) is 0 Å². The van der Waals surface area contributed by atoms with Crippen LogP contribution >= 0.6 is 12.2 Å². The van der Waals surface area contributed by atoms with Crippen molar-refractivity contribution in [2.45, 2.75) is 6.61 Å². The Hall–Kier alpha value is -1.73. The van der Waals surface area contributed by atoms with Crippen LogP contribution in [0.15, 0.2) is 18.2 Å². The van der Waals surface area contributed by atoms with E-state index in [4.69, 9.17) is 22.1 Å². The molecule has 2 aromatic rings. The van der Waals surface area contributed by atoms with Gasteiger partial charge in [-0.1, -0.05) is 0 Å². The van der Waals surface area contributed by atoms with Crippen LogP contribution in [0.5, 0.6) is 5.75 Å². The van der Waals surface area contributed by atoms with Crippen LogP contribution in [-0.2, 0) is 6.61 Å². The topological polar surface area (TPSA) is 63.1 Å². The number of aromatic nitrogens is 3. The van der Waals surface area contributed by atoms with Gasteiger partial charge in [-0.15, -0.1) is 0 Å². The Kier molecular flexibility index (Phi) is 3.21. The summed E-state index contributed by atoms with van der Waals surface area (Å²) in [6.45, 7) is -0.284. The van der Waals surface area contributed by atoms with E-state index >= 15 is 0 Å². The summed E-state index contributed by atoms with van der Waals surface area (Å²) >= 11 is 5.05. The molecule has 0 spiro atoms. The molecule has 0 aliphatic carbocycles. The van der Waals surface area contributed by atoms with E-state index in [1.54, 1.807) is 0 Å². The summed E-state index contributed by atoms with van der Waals surface area (Å²) in [5.74, 6) is 0.239. The molecular weight excluding hydrogens is 245 g/mol. The summed E-state index contributed by atoms with van der Waals surface area (Å²) in [5, 5.41) is 15.6. The van der Waals surface area contributed by atoms with E-state index in [9.17, 15) is 4.39 Å². The Morgan fingerprint density at radius 1 is 1.59 bits per heavy atom. The second kappa shape index (κ2) is 4.64. The molecule has 17 heavy (non-hydrogen) atoms. The maximum atomic E-state index is 13.1. The minimum Gasteiger partial charge on any atom is -0.494 e. The molecule has 2 rings (SSSR count). The lowest BCUT2D eigenvalue weighted by atomic mass is 10.2. The van der Waals surface area contributed by atoms with Crippen molar-refractivity contribution in [2.75, 3.05) is 7.11 Å². The van der Waals surface area contributed by atoms with Crippen molar-refractivity contribution in [3.63, 3.8) is 0 Å². The third-order valence-corrected chi connectivity index (χ3v) is 2.54. The molecule has 0 fully saturated rings. The van der Waals surface area contributed by atoms with Gasteiger partial charge in [0.15, 0.2) is 10.6 Å². The smallest absolute Gasteiger partial charge is 0.200 e. The molecule has 0 saturated carbocycles. The van der Waals surface area contributed by atoms with Gasteiger partial charge in [0, 0.05) is 6.07 Å². The van der Waals surface area contributed by atoms with Gasteiger partial charge in [-0.25, -0.2) is 4.39 Å². The number of halogens is 1. The minimum absolute atomic E-state index is 0.284. The minimum atomic E-state index is -0.411. The zero-order chi connectivity index (χ0) is 12.4. The Morgan fingerprint density at radius 2 is 2.35 bits per heavy atom. The molecule has 0 amide bonds. The van der Waals surface area contributed by atoms with Crippen LogP contribution in [-0.4, -0.2) is 27.0 Å². The number of hydrogen-bond acceptors (Lipinski definition) is 4. The summed E-state index contributed by atoms with van der Waals surface area (Å²) in [6.07, 6.45) is 0. The van der Waals surface area contributed by atoms with Gasteiger partial charge < -0.3 is 9.84 Å². The fourth-order valence-electron chi connectivity index (χ4n) is 1.52. The highest BCUT2D eigenvalue weighted by molar-refractivity contribution is 7.71. The highest BCUT2D eigenvalue weighted by Crippen LogP contribution is 2.24. The molecule has 1 heterocycles. The van der Waals surface area contributed by atoms with E-state index in [1.807, 2.05) is 0 Å². The Labute approximate surface area is 101 Å². The number of rotatable bonds is 3. The predicted molar refractivity (Wildman–Crippen MR) is 61.2 cm³/mol. The number of nitrogens with one attached hydrogen (secondary N) is 1. The van der Waals surface area contributed by atoms with Crippen LogP contribution in [0.3, 0.4) is 0 Å². The molecule has 5 nitrogen and oxygen atoms in total. The van der Waals surface area contributed by atoms with Crippen molar-refractivity contribution in [3.05, 3.63) is 34.6 Å². The molecule has 0 saturated heterocycles. The van der Waals surface area contributed by atoms with Crippen LogP contribution in [0.2, 0.25) is 0 Å². The summed E-state index contributed by atoms with van der Waals surface area (Å²) in [6, 6.07) is 4.04. The zero-order valence-electron chi connectivity index (χ0n) is 8.98. The molecule has 0 bridgehead atoms. The SMILES string of the molecule is COc1cc(F)ccc1-n1c(CO)n[nH]c1=S. The molecule has 0 radical (unpaired) electrons. The van der Waals surface area contributed by atoms with Crippen LogP contribution < -0.4 is 4.74 Å². The summed E-state index contributed by atoms with van der Waals surface area (Å²) in [5.41, 5.74) is 0.525. The first-order valence-corrected chi connectivity index (χ1v) is 5.19. The van der Waals surface area contributed by atoms with Crippen molar-refractivity contribution in [1.29, 1.82) is 0 Å². The van der Waals surface area contributed by atoms with Crippen molar-refractivity contribution >= 4 is 12.2 Å². The van der Waals surface area contributed by atoms with Crippen molar-refractivity contribution < 1.29 is 14.2 Å². The normalized spacial score (nSPS) is 10.5. The molecule has 0 atom stereocenters. The predicted octanol–water partition coefficient (Wildman–Crippen LogP) is 1.57. The average molecular weight is 255 g/mol. The number of H-pyrrole nitrogens is 1. The summed E-state index contributed by atoms with van der Waals surface area (Å²) in [7, 11) is 1.43. The second-order valence-corrected chi connectivity index (χ2v) is 3.64. The van der Waals surface area contributed by atoms with Gasteiger partial charge in [0.2, 0.25) is 0 Å². The number of aliphatic hydroxyl groups excluding tert-OH is 1.